The van der Waals surface area contributed by atoms with Gasteiger partial charge in [0.2, 0.25) is 5.91 Å². The number of nitrogens with one attached hydrogen (secondary N) is 2. The van der Waals surface area contributed by atoms with Crippen molar-refractivity contribution < 1.29 is 23.3 Å². The highest BCUT2D eigenvalue weighted by Gasteiger charge is 2.68. The van der Waals surface area contributed by atoms with E-state index in [1.54, 1.807) is 36.4 Å². The van der Waals surface area contributed by atoms with Crippen molar-refractivity contribution in [3.8, 4) is 0 Å². The molecule has 1 unspecified atom stereocenters. The molecule has 3 aliphatic carbocycles. The van der Waals surface area contributed by atoms with Crippen LogP contribution in [-0.2, 0) is 20.5 Å². The molecular weight excluding hydrogens is 542 g/mol. The molecule has 8 heteroatoms. The molecule has 2 amide bonds. The van der Waals surface area contributed by atoms with Gasteiger partial charge in [-0.2, -0.15) is 0 Å². The Hall–Kier alpha value is -3.49. The lowest BCUT2D eigenvalue weighted by atomic mass is 9.43. The van der Waals surface area contributed by atoms with Crippen LogP contribution in [0, 0.1) is 30.0 Å². The third-order valence-corrected chi connectivity index (χ3v) is 10.2. The first-order valence-electron chi connectivity index (χ1n) is 15.3. The van der Waals surface area contributed by atoms with E-state index in [9.17, 15) is 14.0 Å². The summed E-state index contributed by atoms with van der Waals surface area (Å²) < 4.78 is 27.6. The van der Waals surface area contributed by atoms with Gasteiger partial charge in [-0.1, -0.05) is 74.0 Å². The average molecular weight is 583 g/mol. The van der Waals surface area contributed by atoms with Crippen LogP contribution < -0.4 is 10.6 Å². The highest BCUT2D eigenvalue weighted by atomic mass is 19.1. The molecule has 0 aromatic heterocycles. The number of rotatable bonds is 9. The summed E-state index contributed by atoms with van der Waals surface area (Å²) >= 11 is 0. The molecule has 1 saturated heterocycles. The summed E-state index contributed by atoms with van der Waals surface area (Å²) in [7, 11) is -0.609. The van der Waals surface area contributed by atoms with E-state index in [1.165, 1.54) is 12.1 Å². The molecule has 2 N–H and O–H groups in total. The topological polar surface area (TPSA) is 76.7 Å². The van der Waals surface area contributed by atoms with Gasteiger partial charge in [-0.15, -0.1) is 0 Å². The minimum atomic E-state index is -0.734. The van der Waals surface area contributed by atoms with E-state index in [4.69, 9.17) is 9.31 Å². The predicted octanol–water partition coefficient (Wildman–Crippen LogP) is 5.99. The fourth-order valence-corrected chi connectivity index (χ4v) is 7.52. The van der Waals surface area contributed by atoms with Crippen molar-refractivity contribution in [1.82, 2.24) is 10.6 Å². The van der Waals surface area contributed by atoms with Crippen LogP contribution in [0.1, 0.15) is 73.1 Å². The average Bonchev–Trinajstić information content (AvgIpc) is 3.35. The number of carbonyl (C=O) groups excluding carboxylic acids is 2. The molecule has 2 bridgehead atoms. The van der Waals surface area contributed by atoms with Crippen LogP contribution in [0.4, 0.5) is 4.39 Å². The van der Waals surface area contributed by atoms with Crippen molar-refractivity contribution in [3.05, 3.63) is 107 Å². The zero-order chi connectivity index (χ0) is 30.4. The van der Waals surface area contributed by atoms with E-state index < -0.39 is 30.5 Å². The summed E-state index contributed by atoms with van der Waals surface area (Å²) in [5, 5.41) is 6.14. The Bertz CT molecular complexity index is 1480. The number of amides is 2. The zero-order valence-electron chi connectivity index (χ0n) is 25.3. The van der Waals surface area contributed by atoms with Gasteiger partial charge in [0.1, 0.15) is 5.82 Å². The Morgan fingerprint density at radius 2 is 1.72 bits per heavy atom. The molecular formula is C35H40BFN2O4. The first kappa shape index (κ1) is 29.6. The standard InChI is InChI=1S/C35H40BFN2O4/c1-22-13-15-23(16-14-22)17-31(36-42-30-20-26-19-29(34(26,2)3)35(30,4)43-36)39-32(40)21-28(25-11-8-12-27(37)18-25)38-33(41)24-9-6-5-7-10-24/h5-16,18,26,28-31H,17,19-21H2,1-4H3,(H,38,41)(H,39,40)/t26-,28?,29-,30+,31-,35-/m0/s1. The van der Waals surface area contributed by atoms with Gasteiger partial charge in [-0.25, -0.2) is 4.39 Å². The molecule has 3 aromatic rings. The van der Waals surface area contributed by atoms with Crippen LogP contribution in [-0.4, -0.2) is 36.6 Å². The second-order valence-electron chi connectivity index (χ2n) is 13.4. The fraction of sp³-hybridized carbons (Fsp3) is 0.429. The van der Waals surface area contributed by atoms with Crippen molar-refractivity contribution in [2.75, 3.05) is 0 Å². The lowest BCUT2D eigenvalue weighted by Crippen LogP contribution is -2.65. The molecule has 43 heavy (non-hydrogen) atoms. The minimum absolute atomic E-state index is 0.0168. The maximum Gasteiger partial charge on any atom is 0.482 e. The van der Waals surface area contributed by atoms with Crippen LogP contribution in [0.25, 0.3) is 0 Å². The van der Waals surface area contributed by atoms with E-state index in [0.29, 0.717) is 29.4 Å². The van der Waals surface area contributed by atoms with Gasteiger partial charge in [0, 0.05) is 5.56 Å². The Morgan fingerprint density at radius 3 is 2.42 bits per heavy atom. The number of halogens is 1. The third kappa shape index (κ3) is 5.87. The normalized spacial score (nSPS) is 26.5. The molecule has 1 heterocycles. The highest BCUT2D eigenvalue weighted by Crippen LogP contribution is 2.65. The fourth-order valence-electron chi connectivity index (χ4n) is 7.52. The Balaban J connectivity index is 1.22. The van der Waals surface area contributed by atoms with Crippen LogP contribution in [0.3, 0.4) is 0 Å². The van der Waals surface area contributed by atoms with Crippen LogP contribution in [0.5, 0.6) is 0 Å². The van der Waals surface area contributed by atoms with Gasteiger partial charge < -0.3 is 19.9 Å². The van der Waals surface area contributed by atoms with E-state index in [1.807, 2.05) is 13.0 Å². The Kier molecular flexibility index (Phi) is 7.94. The molecule has 4 aliphatic rings. The first-order chi connectivity index (χ1) is 20.5. The summed E-state index contributed by atoms with van der Waals surface area (Å²) in [4.78, 5) is 26.8. The second-order valence-corrected chi connectivity index (χ2v) is 13.4. The molecule has 6 nitrogen and oxygen atoms in total. The summed E-state index contributed by atoms with van der Waals surface area (Å²) in [6.45, 7) is 8.86. The summed E-state index contributed by atoms with van der Waals surface area (Å²) in [5.74, 6) is -0.482. The van der Waals surface area contributed by atoms with Crippen molar-refractivity contribution >= 4 is 18.9 Å². The number of hydrogen-bond donors (Lipinski definition) is 2. The Labute approximate surface area is 253 Å². The largest absolute Gasteiger partial charge is 0.482 e. The molecule has 0 spiro atoms. The molecule has 7 rings (SSSR count). The summed E-state index contributed by atoms with van der Waals surface area (Å²) in [6, 6.07) is 22.3. The first-order valence-corrected chi connectivity index (χ1v) is 15.3. The van der Waals surface area contributed by atoms with E-state index in [-0.39, 0.29) is 29.8 Å². The van der Waals surface area contributed by atoms with Crippen LogP contribution in [0.15, 0.2) is 78.9 Å². The lowest BCUT2D eigenvalue weighted by molar-refractivity contribution is -0.199. The minimum Gasteiger partial charge on any atom is -0.404 e. The molecule has 3 aromatic carbocycles. The Morgan fingerprint density at radius 1 is 0.977 bits per heavy atom. The van der Waals surface area contributed by atoms with Gasteiger partial charge >= 0.3 is 7.12 Å². The van der Waals surface area contributed by atoms with Gasteiger partial charge in [0.05, 0.1) is 30.1 Å². The van der Waals surface area contributed by atoms with Crippen molar-refractivity contribution in [2.45, 2.75) is 77.1 Å². The van der Waals surface area contributed by atoms with E-state index in [2.05, 4.69) is 55.7 Å². The molecule has 3 saturated carbocycles. The smallest absolute Gasteiger partial charge is 0.404 e. The SMILES string of the molecule is Cc1ccc(C[C@H](NC(=O)CC(NC(=O)c2ccccc2)c2cccc(F)c2)B2O[C@@H]3C[C@@H]4C[C@@H](C4(C)C)[C@]3(C)O2)cc1. The van der Waals surface area contributed by atoms with Gasteiger partial charge in [0.15, 0.2) is 0 Å². The lowest BCUT2D eigenvalue weighted by Gasteiger charge is -2.64. The highest BCUT2D eigenvalue weighted by molar-refractivity contribution is 6.48. The summed E-state index contributed by atoms with van der Waals surface area (Å²) in [5.41, 5.74) is 2.99. The molecule has 224 valence electrons. The van der Waals surface area contributed by atoms with Crippen molar-refractivity contribution in [2.24, 2.45) is 17.3 Å². The third-order valence-electron chi connectivity index (χ3n) is 10.2. The number of carbonyl (C=O) groups is 2. The number of benzene rings is 3. The van der Waals surface area contributed by atoms with Gasteiger partial charge in [-0.05, 0) is 85.8 Å². The maximum atomic E-state index is 14.2. The van der Waals surface area contributed by atoms with Crippen LogP contribution >= 0.6 is 0 Å². The number of aryl methyl sites for hydroxylation is 1. The number of hydrogen-bond acceptors (Lipinski definition) is 4. The summed E-state index contributed by atoms with van der Waals surface area (Å²) in [6.07, 6.45) is 2.53. The molecule has 4 fully saturated rings. The van der Waals surface area contributed by atoms with Crippen molar-refractivity contribution in [1.29, 1.82) is 0 Å². The van der Waals surface area contributed by atoms with Gasteiger partial charge in [0.25, 0.3) is 5.91 Å². The second kappa shape index (κ2) is 11.5. The van der Waals surface area contributed by atoms with Crippen molar-refractivity contribution in [3.63, 3.8) is 0 Å². The molecule has 1 aliphatic heterocycles. The molecule has 0 radical (unpaired) electrons. The molecule has 6 atom stereocenters. The predicted molar refractivity (Wildman–Crippen MR) is 165 cm³/mol. The quantitative estimate of drug-likeness (QED) is 0.304. The van der Waals surface area contributed by atoms with E-state index >= 15 is 0 Å². The zero-order valence-corrected chi connectivity index (χ0v) is 25.3. The monoisotopic (exact) mass is 582 g/mol. The van der Waals surface area contributed by atoms with Gasteiger partial charge in [-0.3, -0.25) is 9.59 Å². The van der Waals surface area contributed by atoms with E-state index in [0.717, 1.165) is 24.0 Å². The maximum absolute atomic E-state index is 14.2. The van der Waals surface area contributed by atoms with Crippen LogP contribution in [0.2, 0.25) is 0 Å².